The number of aromatic nitrogens is 3. The van der Waals surface area contributed by atoms with Gasteiger partial charge in [-0.3, -0.25) is 14.5 Å². The third-order valence-corrected chi connectivity index (χ3v) is 8.52. The Bertz CT molecular complexity index is 1590. The second kappa shape index (κ2) is 14.7. The Morgan fingerprint density at radius 3 is 2.60 bits per heavy atom. The number of esters is 1. The number of hydrogen-bond acceptors (Lipinski definition) is 8. The lowest BCUT2D eigenvalue weighted by atomic mass is 10.0. The summed E-state index contributed by atoms with van der Waals surface area (Å²) in [6.45, 7) is 14.6. The minimum atomic E-state index is -0.578. The zero-order valence-electron chi connectivity index (χ0n) is 28.6. The number of fused-ring (bicyclic) bond motifs is 1. The smallest absolute Gasteiger partial charge is 0.416 e. The summed E-state index contributed by atoms with van der Waals surface area (Å²) in [5.41, 5.74) is 4.90. The lowest BCUT2D eigenvalue weighted by molar-refractivity contribution is -0.142. The van der Waals surface area contributed by atoms with Crippen LogP contribution in [0.25, 0.3) is 5.69 Å². The van der Waals surface area contributed by atoms with Crippen molar-refractivity contribution >= 4 is 29.5 Å². The quantitative estimate of drug-likeness (QED) is 0.269. The number of aryl methyl sites for hydroxylation is 3. The SMILES string of the molecule is CCOC(=O)CCN(C(=O)C1CCN(CCc2ccc3c(n2)N(C(=O)OC(C)(C)C)CCC3)C1)c1cccc(-n2nc(C)cc2C)c1. The summed E-state index contributed by atoms with van der Waals surface area (Å²) >= 11 is 0. The molecule has 3 aromatic rings. The van der Waals surface area contributed by atoms with Gasteiger partial charge in [0, 0.05) is 49.7 Å². The van der Waals surface area contributed by atoms with E-state index < -0.39 is 5.60 Å². The summed E-state index contributed by atoms with van der Waals surface area (Å²) in [6, 6.07) is 13.9. The first-order valence-corrected chi connectivity index (χ1v) is 16.7. The molecule has 252 valence electrons. The molecule has 2 amide bonds. The van der Waals surface area contributed by atoms with E-state index in [-0.39, 0.29) is 36.9 Å². The molecule has 0 spiro atoms. The molecule has 2 aliphatic rings. The van der Waals surface area contributed by atoms with Gasteiger partial charge in [-0.1, -0.05) is 12.1 Å². The molecule has 5 rings (SSSR count). The van der Waals surface area contributed by atoms with Crippen LogP contribution in [0.3, 0.4) is 0 Å². The van der Waals surface area contributed by atoms with Crippen molar-refractivity contribution in [2.75, 3.05) is 49.1 Å². The van der Waals surface area contributed by atoms with Gasteiger partial charge in [0.15, 0.2) is 0 Å². The Kier molecular flexibility index (Phi) is 10.6. The van der Waals surface area contributed by atoms with Gasteiger partial charge in [-0.15, -0.1) is 0 Å². The van der Waals surface area contributed by atoms with Crippen LogP contribution in [0.4, 0.5) is 16.3 Å². The van der Waals surface area contributed by atoms with Crippen molar-refractivity contribution < 1.29 is 23.9 Å². The van der Waals surface area contributed by atoms with E-state index in [1.807, 2.05) is 75.7 Å². The van der Waals surface area contributed by atoms with Crippen LogP contribution < -0.4 is 9.80 Å². The van der Waals surface area contributed by atoms with Crippen LogP contribution in [-0.4, -0.2) is 82.6 Å². The number of rotatable bonds is 10. The molecule has 2 aliphatic heterocycles. The number of likely N-dealkylation sites (tertiary alicyclic amines) is 1. The van der Waals surface area contributed by atoms with Crippen molar-refractivity contribution in [3.63, 3.8) is 0 Å². The molecule has 0 saturated carbocycles. The first kappa shape index (κ1) is 34.1. The highest BCUT2D eigenvalue weighted by atomic mass is 16.6. The number of carbonyl (C=O) groups excluding carboxylic acids is 3. The maximum Gasteiger partial charge on any atom is 0.416 e. The maximum atomic E-state index is 14.1. The van der Waals surface area contributed by atoms with E-state index in [0.29, 0.717) is 31.9 Å². The Morgan fingerprint density at radius 1 is 1.06 bits per heavy atom. The zero-order chi connectivity index (χ0) is 33.7. The molecule has 0 aliphatic carbocycles. The van der Waals surface area contributed by atoms with Gasteiger partial charge in [0.25, 0.3) is 0 Å². The molecule has 47 heavy (non-hydrogen) atoms. The highest BCUT2D eigenvalue weighted by Crippen LogP contribution is 2.29. The largest absolute Gasteiger partial charge is 0.466 e. The number of anilines is 2. The number of amides is 2. The van der Waals surface area contributed by atoms with Crippen molar-refractivity contribution in [3.8, 4) is 5.69 Å². The Hall–Kier alpha value is -4.25. The van der Waals surface area contributed by atoms with Crippen LogP contribution in [0, 0.1) is 19.8 Å². The predicted octanol–water partition coefficient (Wildman–Crippen LogP) is 5.42. The van der Waals surface area contributed by atoms with Gasteiger partial charge in [-0.05, 0) is 103 Å². The van der Waals surface area contributed by atoms with E-state index in [0.717, 1.165) is 66.4 Å². The molecule has 0 bridgehead atoms. The third kappa shape index (κ3) is 8.57. The van der Waals surface area contributed by atoms with Crippen molar-refractivity contribution in [1.29, 1.82) is 0 Å². The minimum absolute atomic E-state index is 0.00206. The Morgan fingerprint density at radius 2 is 1.87 bits per heavy atom. The van der Waals surface area contributed by atoms with Crippen molar-refractivity contribution in [2.24, 2.45) is 5.92 Å². The predicted molar refractivity (Wildman–Crippen MR) is 181 cm³/mol. The van der Waals surface area contributed by atoms with Crippen LogP contribution in [-0.2, 0) is 31.9 Å². The Balaban J connectivity index is 1.26. The molecule has 1 saturated heterocycles. The second-order valence-corrected chi connectivity index (χ2v) is 13.5. The average molecular weight is 645 g/mol. The topological polar surface area (TPSA) is 110 Å². The molecular formula is C36H48N6O5. The van der Waals surface area contributed by atoms with E-state index in [1.54, 1.807) is 16.7 Å². The molecule has 1 fully saturated rings. The molecule has 1 unspecified atom stereocenters. The van der Waals surface area contributed by atoms with Crippen molar-refractivity contribution in [3.05, 3.63) is 65.1 Å². The summed E-state index contributed by atoms with van der Waals surface area (Å²) in [5.74, 6) is 0.171. The van der Waals surface area contributed by atoms with Crippen molar-refractivity contribution in [2.45, 2.75) is 79.2 Å². The van der Waals surface area contributed by atoms with Gasteiger partial charge < -0.3 is 19.3 Å². The van der Waals surface area contributed by atoms with Crippen LogP contribution in [0.5, 0.6) is 0 Å². The van der Waals surface area contributed by atoms with Gasteiger partial charge >= 0.3 is 12.1 Å². The van der Waals surface area contributed by atoms with Crippen molar-refractivity contribution in [1.82, 2.24) is 19.7 Å². The monoisotopic (exact) mass is 644 g/mol. The van der Waals surface area contributed by atoms with Gasteiger partial charge in [-0.2, -0.15) is 5.10 Å². The standard InChI is InChI=1S/C36H48N6O5/c1-7-46-32(43)17-21-40(30-11-8-12-31(23-30)42-26(3)22-25(2)38-42)34(44)28-15-19-39(24-28)20-16-29-14-13-27-10-9-18-41(33(27)37-29)35(45)47-36(4,5)6/h8,11-14,22-23,28H,7,9-10,15-21,24H2,1-6H3. The fraction of sp³-hybridized carbons (Fsp3) is 0.528. The summed E-state index contributed by atoms with van der Waals surface area (Å²) < 4.78 is 12.7. The highest BCUT2D eigenvalue weighted by molar-refractivity contribution is 5.96. The summed E-state index contributed by atoms with van der Waals surface area (Å²) in [4.78, 5) is 49.9. The minimum Gasteiger partial charge on any atom is -0.466 e. The van der Waals surface area contributed by atoms with Gasteiger partial charge in [0.05, 0.1) is 30.3 Å². The first-order valence-electron chi connectivity index (χ1n) is 16.7. The first-order chi connectivity index (χ1) is 22.4. The summed E-state index contributed by atoms with van der Waals surface area (Å²) in [7, 11) is 0. The van der Waals surface area contributed by atoms with Gasteiger partial charge in [-0.25, -0.2) is 14.5 Å². The number of hydrogen-bond donors (Lipinski definition) is 0. The lowest BCUT2D eigenvalue weighted by Gasteiger charge is -2.31. The molecule has 11 nitrogen and oxygen atoms in total. The van der Waals surface area contributed by atoms with Gasteiger partial charge in [0.2, 0.25) is 5.91 Å². The molecule has 4 heterocycles. The summed E-state index contributed by atoms with van der Waals surface area (Å²) in [6.07, 6.45) is 2.94. The third-order valence-electron chi connectivity index (χ3n) is 8.52. The lowest BCUT2D eigenvalue weighted by Crippen LogP contribution is -2.40. The normalized spacial score (nSPS) is 16.6. The van der Waals surface area contributed by atoms with E-state index >= 15 is 0 Å². The number of carbonyl (C=O) groups is 3. The molecule has 1 aromatic carbocycles. The van der Waals surface area contributed by atoms with E-state index in [1.165, 1.54) is 0 Å². The summed E-state index contributed by atoms with van der Waals surface area (Å²) in [5, 5.41) is 4.61. The molecule has 0 N–H and O–H groups in total. The fourth-order valence-electron chi connectivity index (χ4n) is 6.33. The second-order valence-electron chi connectivity index (χ2n) is 13.5. The number of nitrogens with zero attached hydrogens (tertiary/aromatic N) is 6. The van der Waals surface area contributed by atoms with E-state index in [4.69, 9.17) is 14.5 Å². The van der Waals surface area contributed by atoms with Crippen LogP contribution >= 0.6 is 0 Å². The Labute approximate surface area is 277 Å². The maximum absolute atomic E-state index is 14.1. The zero-order valence-corrected chi connectivity index (χ0v) is 28.6. The molecule has 2 aromatic heterocycles. The highest BCUT2D eigenvalue weighted by Gasteiger charge is 2.33. The van der Waals surface area contributed by atoms with Crippen LogP contribution in [0.15, 0.2) is 42.5 Å². The molecular weight excluding hydrogens is 596 g/mol. The molecule has 11 heteroatoms. The van der Waals surface area contributed by atoms with Gasteiger partial charge in [0.1, 0.15) is 11.4 Å². The molecule has 1 atom stereocenters. The fourth-order valence-corrected chi connectivity index (χ4v) is 6.33. The number of pyridine rings is 1. The van der Waals surface area contributed by atoms with Crippen LogP contribution in [0.1, 0.15) is 69.6 Å². The average Bonchev–Trinajstić information content (AvgIpc) is 3.64. The number of benzene rings is 1. The number of ether oxygens (including phenoxy) is 2. The van der Waals surface area contributed by atoms with E-state index in [9.17, 15) is 14.4 Å². The van der Waals surface area contributed by atoms with Crippen LogP contribution in [0.2, 0.25) is 0 Å². The molecule has 0 radical (unpaired) electrons. The van der Waals surface area contributed by atoms with E-state index in [2.05, 4.69) is 16.1 Å².